The number of carbonyl (C=O) groups excluding carboxylic acids is 2. The highest BCUT2D eigenvalue weighted by molar-refractivity contribution is 5.90. The number of anilines is 1. The summed E-state index contributed by atoms with van der Waals surface area (Å²) in [6.45, 7) is 6.38. The van der Waals surface area contributed by atoms with E-state index in [1.807, 2.05) is 19.9 Å². The highest BCUT2D eigenvalue weighted by Gasteiger charge is 2.27. The van der Waals surface area contributed by atoms with E-state index in [1.165, 1.54) is 0 Å². The summed E-state index contributed by atoms with van der Waals surface area (Å²) in [6.07, 6.45) is 1.26. The lowest BCUT2D eigenvalue weighted by molar-refractivity contribution is -0.132. The molecular formula is C16H20N4O4. The summed E-state index contributed by atoms with van der Waals surface area (Å²) in [7, 11) is 0. The maximum absolute atomic E-state index is 12.3. The number of amides is 2. The molecule has 1 aliphatic rings. The van der Waals surface area contributed by atoms with Gasteiger partial charge in [-0.3, -0.25) is 14.9 Å². The smallest absolute Gasteiger partial charge is 0.322 e. The second-order valence-corrected chi connectivity index (χ2v) is 6.01. The van der Waals surface area contributed by atoms with Crippen molar-refractivity contribution in [3.05, 3.63) is 17.6 Å². The van der Waals surface area contributed by atoms with Crippen molar-refractivity contribution < 1.29 is 18.4 Å². The molecule has 0 unspecified atom stereocenters. The van der Waals surface area contributed by atoms with E-state index in [9.17, 15) is 9.59 Å². The van der Waals surface area contributed by atoms with Crippen LogP contribution in [-0.2, 0) is 9.59 Å². The number of furan rings is 1. The van der Waals surface area contributed by atoms with Crippen molar-refractivity contribution in [1.82, 2.24) is 15.1 Å². The third-order valence-corrected chi connectivity index (χ3v) is 4.24. The fourth-order valence-electron chi connectivity index (χ4n) is 2.89. The van der Waals surface area contributed by atoms with E-state index in [2.05, 4.69) is 15.5 Å². The molecule has 8 nitrogen and oxygen atoms in total. The number of aromatic nitrogens is 2. The van der Waals surface area contributed by atoms with Gasteiger partial charge in [-0.2, -0.15) is 0 Å². The molecule has 0 saturated carbocycles. The highest BCUT2D eigenvalue weighted by Crippen LogP contribution is 2.27. The summed E-state index contributed by atoms with van der Waals surface area (Å²) in [4.78, 5) is 25.4. The Morgan fingerprint density at radius 3 is 2.50 bits per heavy atom. The van der Waals surface area contributed by atoms with Gasteiger partial charge in [0.15, 0.2) is 0 Å². The Bertz CT molecular complexity index is 756. The van der Waals surface area contributed by atoms with E-state index >= 15 is 0 Å². The van der Waals surface area contributed by atoms with E-state index in [0.29, 0.717) is 37.6 Å². The van der Waals surface area contributed by atoms with E-state index in [-0.39, 0.29) is 23.7 Å². The monoisotopic (exact) mass is 332 g/mol. The lowest BCUT2D eigenvalue weighted by Crippen LogP contribution is -2.40. The normalized spacial score (nSPS) is 15.5. The topological polar surface area (TPSA) is 101 Å². The van der Waals surface area contributed by atoms with Gasteiger partial charge in [0.05, 0.1) is 5.56 Å². The van der Waals surface area contributed by atoms with Gasteiger partial charge in [0.25, 0.3) is 5.89 Å². The Hall–Kier alpha value is -2.64. The van der Waals surface area contributed by atoms with Crippen molar-refractivity contribution in [1.29, 1.82) is 0 Å². The molecule has 2 aromatic rings. The second kappa shape index (κ2) is 6.46. The average molecular weight is 332 g/mol. The van der Waals surface area contributed by atoms with Gasteiger partial charge in [0, 0.05) is 25.9 Å². The number of piperidine rings is 1. The number of hydrogen-bond donors (Lipinski definition) is 1. The van der Waals surface area contributed by atoms with Gasteiger partial charge in [0.1, 0.15) is 11.5 Å². The number of likely N-dealkylation sites (tertiary alicyclic amines) is 1. The van der Waals surface area contributed by atoms with Crippen LogP contribution in [0.15, 0.2) is 14.9 Å². The molecule has 1 saturated heterocycles. The molecule has 0 aliphatic carbocycles. The van der Waals surface area contributed by atoms with Crippen molar-refractivity contribution in [2.45, 2.75) is 33.6 Å². The standard InChI is InChI=1S/C16H20N4O4/c1-9-8-13(10(2)23-9)15-18-19-16(24-15)17-14(22)12-4-6-20(7-5-12)11(3)21/h8,12H,4-7H2,1-3H3,(H,17,19,22). The molecule has 3 rings (SSSR count). The van der Waals surface area contributed by atoms with Crippen LogP contribution in [0.25, 0.3) is 11.5 Å². The Balaban J connectivity index is 1.62. The van der Waals surface area contributed by atoms with E-state index < -0.39 is 0 Å². The zero-order valence-electron chi connectivity index (χ0n) is 14.0. The van der Waals surface area contributed by atoms with E-state index in [1.54, 1.807) is 11.8 Å². The minimum atomic E-state index is -0.159. The van der Waals surface area contributed by atoms with Crippen LogP contribution >= 0.6 is 0 Å². The van der Waals surface area contributed by atoms with Crippen LogP contribution in [-0.4, -0.2) is 40.0 Å². The molecule has 1 aliphatic heterocycles. The molecule has 8 heteroatoms. The summed E-state index contributed by atoms with van der Waals surface area (Å²) in [5.41, 5.74) is 0.718. The fourth-order valence-corrected chi connectivity index (χ4v) is 2.89. The predicted molar refractivity (Wildman–Crippen MR) is 85.1 cm³/mol. The lowest BCUT2D eigenvalue weighted by Gasteiger charge is -2.30. The number of hydrogen-bond acceptors (Lipinski definition) is 6. The molecule has 0 bridgehead atoms. The number of nitrogens with one attached hydrogen (secondary N) is 1. The second-order valence-electron chi connectivity index (χ2n) is 6.01. The minimum Gasteiger partial charge on any atom is -0.466 e. The molecule has 0 aromatic carbocycles. The van der Waals surface area contributed by atoms with Crippen LogP contribution in [0.4, 0.5) is 6.01 Å². The zero-order valence-corrected chi connectivity index (χ0v) is 14.0. The lowest BCUT2D eigenvalue weighted by atomic mass is 9.96. The van der Waals surface area contributed by atoms with Crippen molar-refractivity contribution in [2.75, 3.05) is 18.4 Å². The van der Waals surface area contributed by atoms with Crippen LogP contribution in [0, 0.1) is 19.8 Å². The molecule has 128 valence electrons. The number of aryl methyl sites for hydroxylation is 2. The summed E-state index contributed by atoms with van der Waals surface area (Å²) >= 11 is 0. The first-order chi connectivity index (χ1) is 11.4. The largest absolute Gasteiger partial charge is 0.466 e. The summed E-state index contributed by atoms with van der Waals surface area (Å²) < 4.78 is 10.9. The Kier molecular flexibility index (Phi) is 4.37. The van der Waals surface area contributed by atoms with Crippen molar-refractivity contribution in [3.8, 4) is 11.5 Å². The SMILES string of the molecule is CC(=O)N1CCC(C(=O)Nc2nnc(-c3cc(C)oc3C)o2)CC1. The summed E-state index contributed by atoms with van der Waals surface area (Å²) in [5, 5.41) is 10.5. The van der Waals surface area contributed by atoms with Gasteiger partial charge < -0.3 is 13.7 Å². The molecule has 24 heavy (non-hydrogen) atoms. The van der Waals surface area contributed by atoms with Crippen molar-refractivity contribution in [2.24, 2.45) is 5.92 Å². The fraction of sp³-hybridized carbons (Fsp3) is 0.500. The van der Waals surface area contributed by atoms with Crippen LogP contribution in [0.5, 0.6) is 0 Å². The first-order valence-electron chi connectivity index (χ1n) is 7.91. The maximum atomic E-state index is 12.3. The van der Waals surface area contributed by atoms with Gasteiger partial charge in [-0.15, -0.1) is 5.10 Å². The quantitative estimate of drug-likeness (QED) is 0.924. The van der Waals surface area contributed by atoms with Gasteiger partial charge in [0.2, 0.25) is 11.8 Å². The van der Waals surface area contributed by atoms with Crippen molar-refractivity contribution >= 4 is 17.8 Å². The van der Waals surface area contributed by atoms with Crippen LogP contribution in [0.2, 0.25) is 0 Å². The first kappa shape index (κ1) is 16.2. The predicted octanol–water partition coefficient (Wildman–Crippen LogP) is 2.14. The zero-order chi connectivity index (χ0) is 17.3. The molecule has 1 N–H and O–H groups in total. The minimum absolute atomic E-state index is 0.0428. The maximum Gasteiger partial charge on any atom is 0.322 e. The highest BCUT2D eigenvalue weighted by atomic mass is 16.4. The number of rotatable bonds is 3. The van der Waals surface area contributed by atoms with Crippen molar-refractivity contribution in [3.63, 3.8) is 0 Å². The number of carbonyl (C=O) groups is 2. The van der Waals surface area contributed by atoms with Crippen LogP contribution < -0.4 is 5.32 Å². The number of nitrogens with zero attached hydrogens (tertiary/aromatic N) is 3. The Morgan fingerprint density at radius 2 is 1.92 bits per heavy atom. The van der Waals surface area contributed by atoms with Gasteiger partial charge >= 0.3 is 6.01 Å². The molecule has 1 fully saturated rings. The molecule has 3 heterocycles. The van der Waals surface area contributed by atoms with Gasteiger partial charge in [-0.1, -0.05) is 5.10 Å². The summed E-state index contributed by atoms with van der Waals surface area (Å²) in [6, 6.07) is 1.88. The molecule has 0 radical (unpaired) electrons. The first-order valence-corrected chi connectivity index (χ1v) is 7.91. The van der Waals surface area contributed by atoms with E-state index in [0.717, 1.165) is 11.3 Å². The molecule has 2 amide bonds. The van der Waals surface area contributed by atoms with Crippen LogP contribution in [0.1, 0.15) is 31.3 Å². The Morgan fingerprint density at radius 1 is 1.21 bits per heavy atom. The molecule has 2 aromatic heterocycles. The Labute approximate surface area is 139 Å². The molecular weight excluding hydrogens is 312 g/mol. The third kappa shape index (κ3) is 3.32. The summed E-state index contributed by atoms with van der Waals surface area (Å²) in [5.74, 6) is 1.48. The molecule has 0 spiro atoms. The molecule has 0 atom stereocenters. The van der Waals surface area contributed by atoms with Crippen LogP contribution in [0.3, 0.4) is 0 Å². The third-order valence-electron chi connectivity index (χ3n) is 4.24. The average Bonchev–Trinajstić information content (AvgIpc) is 3.13. The van der Waals surface area contributed by atoms with Gasteiger partial charge in [-0.25, -0.2) is 0 Å². The van der Waals surface area contributed by atoms with E-state index in [4.69, 9.17) is 8.83 Å². The van der Waals surface area contributed by atoms with Gasteiger partial charge in [-0.05, 0) is 32.8 Å².